The Hall–Kier alpha value is -0.493. The zero-order valence-corrected chi connectivity index (χ0v) is 21.0. The number of aliphatic hydroxyl groups excluding tert-OH is 2. The summed E-state index contributed by atoms with van der Waals surface area (Å²) in [6, 6.07) is 0. The van der Waals surface area contributed by atoms with E-state index in [1.165, 1.54) is 5.57 Å². The van der Waals surface area contributed by atoms with Crippen LogP contribution in [-0.4, -0.2) is 42.6 Å². The molecule has 0 aliphatic heterocycles. The van der Waals surface area contributed by atoms with Gasteiger partial charge < -0.3 is 14.6 Å². The van der Waals surface area contributed by atoms with Crippen LogP contribution in [0.4, 0.5) is 0 Å². The number of aliphatic hydroxyl groups is 2. The summed E-state index contributed by atoms with van der Waals surface area (Å²) in [5, 5.41) is 21.2. The third kappa shape index (κ3) is 3.22. The largest absolute Gasteiger partial charge is 0.414 e. The third-order valence-corrected chi connectivity index (χ3v) is 14.7. The van der Waals surface area contributed by atoms with Crippen molar-refractivity contribution in [3.63, 3.8) is 0 Å². The molecule has 4 nitrogen and oxygen atoms in total. The van der Waals surface area contributed by atoms with Gasteiger partial charge in [-0.1, -0.05) is 40.2 Å². The molecule has 4 aliphatic rings. The van der Waals surface area contributed by atoms with Crippen molar-refractivity contribution in [1.82, 2.24) is 0 Å². The number of hydrogen-bond acceptors (Lipinski definition) is 4. The Morgan fingerprint density at radius 1 is 1.10 bits per heavy atom. The maximum atomic E-state index is 13.4. The molecule has 4 aliphatic carbocycles. The summed E-state index contributed by atoms with van der Waals surface area (Å²) in [5.41, 5.74) is 1.01. The lowest BCUT2D eigenvalue weighted by atomic mass is 9.47. The molecule has 0 radical (unpaired) electrons. The fourth-order valence-corrected chi connectivity index (χ4v) is 8.44. The van der Waals surface area contributed by atoms with E-state index in [9.17, 15) is 15.0 Å². The van der Waals surface area contributed by atoms with Crippen molar-refractivity contribution < 1.29 is 19.4 Å². The molecule has 170 valence electrons. The molecule has 2 N–H and O–H groups in total. The maximum absolute atomic E-state index is 13.4. The summed E-state index contributed by atoms with van der Waals surface area (Å²) in [7, 11) is -1.84. The van der Waals surface area contributed by atoms with Crippen molar-refractivity contribution in [3.8, 4) is 0 Å². The lowest BCUT2D eigenvalue weighted by Gasteiger charge is -2.57. The first kappa shape index (κ1) is 22.7. The third-order valence-electron chi connectivity index (χ3n) is 10.1. The molecule has 0 spiro atoms. The van der Waals surface area contributed by atoms with E-state index < -0.39 is 20.5 Å². The highest BCUT2D eigenvalue weighted by Crippen LogP contribution is 2.64. The summed E-state index contributed by atoms with van der Waals surface area (Å²) in [4.78, 5) is 13.4. The monoisotopic (exact) mass is 434 g/mol. The number of ketones is 1. The Morgan fingerprint density at radius 3 is 2.40 bits per heavy atom. The van der Waals surface area contributed by atoms with Gasteiger partial charge in [-0.25, -0.2) is 0 Å². The van der Waals surface area contributed by atoms with Gasteiger partial charge in [0.1, 0.15) is 0 Å². The van der Waals surface area contributed by atoms with Gasteiger partial charge in [0, 0.05) is 12.0 Å². The minimum absolute atomic E-state index is 0.0473. The van der Waals surface area contributed by atoms with Crippen LogP contribution < -0.4 is 0 Å². The molecule has 30 heavy (non-hydrogen) atoms. The van der Waals surface area contributed by atoms with Crippen molar-refractivity contribution in [2.24, 2.45) is 28.6 Å². The lowest BCUT2D eigenvalue weighted by molar-refractivity contribution is -0.136. The molecule has 4 rings (SSSR count). The Morgan fingerprint density at radius 2 is 1.77 bits per heavy atom. The predicted molar refractivity (Wildman–Crippen MR) is 122 cm³/mol. The van der Waals surface area contributed by atoms with Crippen LogP contribution in [-0.2, 0) is 9.22 Å². The molecule has 3 fully saturated rings. The quantitative estimate of drug-likeness (QED) is 0.610. The molecule has 3 saturated carbocycles. The van der Waals surface area contributed by atoms with E-state index in [0.717, 1.165) is 32.1 Å². The van der Waals surface area contributed by atoms with Gasteiger partial charge in [0.15, 0.2) is 14.1 Å². The van der Waals surface area contributed by atoms with Gasteiger partial charge in [-0.3, -0.25) is 4.79 Å². The van der Waals surface area contributed by atoms with Crippen molar-refractivity contribution in [2.45, 2.75) is 110 Å². The smallest absolute Gasteiger partial charge is 0.192 e. The van der Waals surface area contributed by atoms with Crippen LogP contribution in [0.3, 0.4) is 0 Å². The van der Waals surface area contributed by atoms with Gasteiger partial charge in [-0.15, -0.1) is 0 Å². The van der Waals surface area contributed by atoms with Gasteiger partial charge >= 0.3 is 0 Å². The highest BCUT2D eigenvalue weighted by molar-refractivity contribution is 6.74. The first-order chi connectivity index (χ1) is 13.7. The van der Waals surface area contributed by atoms with Crippen LogP contribution in [0, 0.1) is 28.6 Å². The SMILES string of the molecule is CC(C)(C)[Si](C)(C)O[C@H]1CC[C@@]2(C)C(=CC(=O)C3C2CC[C@@]2(C)C3C[C@@H](O)[C@@H]2O)C1. The second kappa shape index (κ2) is 7.00. The summed E-state index contributed by atoms with van der Waals surface area (Å²) >= 11 is 0. The molecule has 8 atom stereocenters. The summed E-state index contributed by atoms with van der Waals surface area (Å²) < 4.78 is 6.74. The lowest BCUT2D eigenvalue weighted by Crippen LogP contribution is -2.54. The normalized spacial score (nSPS) is 46.7. The number of carbonyl (C=O) groups is 1. The fourth-order valence-electron chi connectivity index (χ4n) is 7.06. The average Bonchev–Trinajstić information content (AvgIpc) is 2.85. The number of allylic oxidation sites excluding steroid dienone is 1. The molecule has 0 aromatic carbocycles. The molecular formula is C25H42O4Si. The molecule has 0 amide bonds. The topological polar surface area (TPSA) is 66.8 Å². The zero-order chi connectivity index (χ0) is 22.3. The summed E-state index contributed by atoms with van der Waals surface area (Å²) in [6.07, 6.45) is 6.20. The first-order valence-corrected chi connectivity index (χ1v) is 14.9. The van der Waals surface area contributed by atoms with E-state index >= 15 is 0 Å². The minimum atomic E-state index is -1.84. The number of carbonyl (C=O) groups excluding carboxylic acids is 1. The van der Waals surface area contributed by atoms with Gasteiger partial charge in [0.2, 0.25) is 0 Å². The van der Waals surface area contributed by atoms with Gasteiger partial charge in [0.05, 0.1) is 12.2 Å². The van der Waals surface area contributed by atoms with Gasteiger partial charge in [0.25, 0.3) is 0 Å². The molecule has 0 heterocycles. The second-order valence-corrected chi connectivity index (χ2v) is 17.5. The predicted octanol–water partition coefficient (Wildman–Crippen LogP) is 4.85. The maximum Gasteiger partial charge on any atom is 0.192 e. The Balaban J connectivity index is 1.60. The average molecular weight is 435 g/mol. The highest BCUT2D eigenvalue weighted by Gasteiger charge is 2.63. The van der Waals surface area contributed by atoms with Crippen LogP contribution in [0.15, 0.2) is 11.6 Å². The van der Waals surface area contributed by atoms with E-state index in [0.29, 0.717) is 12.3 Å². The molecule has 5 heteroatoms. The second-order valence-electron chi connectivity index (χ2n) is 12.8. The van der Waals surface area contributed by atoms with Crippen LogP contribution in [0.5, 0.6) is 0 Å². The van der Waals surface area contributed by atoms with E-state index in [-0.39, 0.29) is 39.6 Å². The van der Waals surface area contributed by atoms with Crippen molar-refractivity contribution in [1.29, 1.82) is 0 Å². The van der Waals surface area contributed by atoms with Crippen LogP contribution in [0.25, 0.3) is 0 Å². The fraction of sp³-hybridized carbons (Fsp3) is 0.880. The Labute approximate surface area is 183 Å². The summed E-state index contributed by atoms with van der Waals surface area (Å²) in [6.45, 7) is 15.9. The molecular weight excluding hydrogens is 392 g/mol. The van der Waals surface area contributed by atoms with Crippen molar-refractivity contribution in [2.75, 3.05) is 0 Å². The zero-order valence-electron chi connectivity index (χ0n) is 20.0. The number of rotatable bonds is 2. The Bertz CT molecular complexity index is 753. The number of hydrogen-bond donors (Lipinski definition) is 2. The molecule has 0 aromatic rings. The highest BCUT2D eigenvalue weighted by atomic mass is 28.4. The van der Waals surface area contributed by atoms with Crippen molar-refractivity contribution in [3.05, 3.63) is 11.6 Å². The Kier molecular flexibility index (Phi) is 5.30. The van der Waals surface area contributed by atoms with Crippen molar-refractivity contribution >= 4 is 14.1 Å². The van der Waals surface area contributed by atoms with Crippen LogP contribution in [0.2, 0.25) is 18.1 Å². The van der Waals surface area contributed by atoms with Gasteiger partial charge in [-0.05, 0) is 85.4 Å². The van der Waals surface area contributed by atoms with E-state index in [1.54, 1.807) is 0 Å². The minimum Gasteiger partial charge on any atom is -0.414 e. The molecule has 3 unspecified atom stereocenters. The summed E-state index contributed by atoms with van der Waals surface area (Å²) in [5.74, 6) is 0.596. The molecule has 0 saturated heterocycles. The molecule has 0 bridgehead atoms. The van der Waals surface area contributed by atoms with Crippen LogP contribution in [0.1, 0.15) is 73.1 Å². The first-order valence-electron chi connectivity index (χ1n) is 12.0. The van der Waals surface area contributed by atoms with E-state index in [2.05, 4.69) is 47.7 Å². The van der Waals surface area contributed by atoms with E-state index in [4.69, 9.17) is 4.43 Å². The van der Waals surface area contributed by atoms with Gasteiger partial charge in [-0.2, -0.15) is 0 Å². The van der Waals surface area contributed by atoms with E-state index in [1.807, 2.05) is 6.08 Å². The number of fused-ring (bicyclic) bond motifs is 5. The molecule has 0 aromatic heterocycles. The standard InChI is InChI=1S/C25H42O4Si/c1-23(2,3)30(6,7)29-16-8-10-24(4)15(12-16)13-19(26)21-17(24)9-11-25(5)18(21)14-20(27)22(25)28/h13,16-18,20-22,27-28H,8-12,14H2,1-7H3/t16-,17?,18?,20+,21?,22-,24-,25-/m0/s1. The van der Waals surface area contributed by atoms with Crippen LogP contribution >= 0.6 is 0 Å².